The Morgan fingerprint density at radius 3 is 2.04 bits per heavy atom. The molecule has 0 aliphatic heterocycles. The number of rotatable bonds is 6. The lowest BCUT2D eigenvalue weighted by Gasteiger charge is -2.33. The maximum Gasteiger partial charge on any atom is 0.125 e. The van der Waals surface area contributed by atoms with E-state index in [1.807, 2.05) is 24.7 Å². The van der Waals surface area contributed by atoms with Gasteiger partial charge < -0.3 is 4.74 Å². The second-order valence-corrected chi connectivity index (χ2v) is 7.53. The highest BCUT2D eigenvalue weighted by molar-refractivity contribution is 5.36. The van der Waals surface area contributed by atoms with Crippen molar-refractivity contribution in [3.63, 3.8) is 0 Å². The van der Waals surface area contributed by atoms with Crippen LogP contribution >= 0.6 is 0 Å². The zero-order chi connectivity index (χ0) is 17.1. The summed E-state index contributed by atoms with van der Waals surface area (Å²) >= 11 is 0. The van der Waals surface area contributed by atoms with Gasteiger partial charge in [0.05, 0.1) is 7.11 Å². The Morgan fingerprint density at radius 2 is 1.43 bits per heavy atom. The average molecular weight is 312 g/mol. The predicted molar refractivity (Wildman–Crippen MR) is 95.0 cm³/mol. The maximum absolute atomic E-state index is 5.52. The minimum atomic E-state index is 0.0117. The number of hydrogen-bond donors (Lipinski definition) is 0. The van der Waals surface area contributed by atoms with Crippen molar-refractivity contribution in [2.24, 2.45) is 0 Å². The first-order chi connectivity index (χ1) is 10.8. The fourth-order valence-electron chi connectivity index (χ4n) is 3.20. The van der Waals surface area contributed by atoms with Crippen LogP contribution in [-0.4, -0.2) is 17.1 Å². The van der Waals surface area contributed by atoms with Crippen molar-refractivity contribution in [1.82, 2.24) is 9.97 Å². The standard InChI is InChI=1S/C20H28N2O/c1-15-13-21-11-7-16(15)19(2,3)9-10-20(4,5)17-14-22-12-8-18(17)23-6/h7-8,11-14H,9-10H2,1-6H3. The molecule has 124 valence electrons. The number of ether oxygens (including phenoxy) is 1. The molecule has 0 radical (unpaired) electrons. The van der Waals surface area contributed by atoms with Crippen molar-refractivity contribution in [2.45, 2.75) is 58.3 Å². The monoisotopic (exact) mass is 312 g/mol. The van der Waals surface area contributed by atoms with Gasteiger partial charge in [0.2, 0.25) is 0 Å². The van der Waals surface area contributed by atoms with E-state index in [0.717, 1.165) is 18.6 Å². The summed E-state index contributed by atoms with van der Waals surface area (Å²) in [7, 11) is 1.72. The van der Waals surface area contributed by atoms with E-state index in [4.69, 9.17) is 4.74 Å². The zero-order valence-electron chi connectivity index (χ0n) is 15.2. The van der Waals surface area contributed by atoms with E-state index >= 15 is 0 Å². The molecule has 0 aliphatic rings. The molecule has 0 saturated carbocycles. The summed E-state index contributed by atoms with van der Waals surface area (Å²) in [6, 6.07) is 4.09. The van der Waals surface area contributed by atoms with Gasteiger partial charge in [0.1, 0.15) is 5.75 Å². The molecular formula is C20H28N2O. The van der Waals surface area contributed by atoms with Gasteiger partial charge in [0.15, 0.2) is 0 Å². The molecule has 0 amide bonds. The van der Waals surface area contributed by atoms with Gasteiger partial charge in [0, 0.05) is 30.4 Å². The van der Waals surface area contributed by atoms with E-state index < -0.39 is 0 Å². The molecule has 0 unspecified atom stereocenters. The fourth-order valence-corrected chi connectivity index (χ4v) is 3.20. The molecule has 0 atom stereocenters. The lowest BCUT2D eigenvalue weighted by atomic mass is 9.72. The summed E-state index contributed by atoms with van der Waals surface area (Å²) < 4.78 is 5.52. The predicted octanol–water partition coefficient (Wildman–Crippen LogP) is 4.83. The minimum Gasteiger partial charge on any atom is -0.496 e. The fraction of sp³-hybridized carbons (Fsp3) is 0.500. The van der Waals surface area contributed by atoms with Crippen LogP contribution in [0.3, 0.4) is 0 Å². The summed E-state index contributed by atoms with van der Waals surface area (Å²) in [5.41, 5.74) is 3.93. The van der Waals surface area contributed by atoms with Gasteiger partial charge in [-0.05, 0) is 53.9 Å². The Bertz CT molecular complexity index is 662. The van der Waals surface area contributed by atoms with Crippen molar-refractivity contribution in [2.75, 3.05) is 7.11 Å². The molecule has 2 aromatic heterocycles. The molecule has 0 N–H and O–H groups in total. The number of hydrogen-bond acceptors (Lipinski definition) is 3. The van der Waals surface area contributed by atoms with Crippen LogP contribution < -0.4 is 4.74 Å². The van der Waals surface area contributed by atoms with Crippen LogP contribution in [0.2, 0.25) is 0 Å². The van der Waals surface area contributed by atoms with E-state index in [0.29, 0.717) is 0 Å². The van der Waals surface area contributed by atoms with Crippen LogP contribution in [0.25, 0.3) is 0 Å². The SMILES string of the molecule is COc1ccncc1C(C)(C)CCC(C)(C)c1ccncc1C. The van der Waals surface area contributed by atoms with E-state index in [-0.39, 0.29) is 10.8 Å². The topological polar surface area (TPSA) is 35.0 Å². The third kappa shape index (κ3) is 3.90. The summed E-state index contributed by atoms with van der Waals surface area (Å²) in [5, 5.41) is 0. The molecule has 2 heterocycles. The molecule has 0 fully saturated rings. The third-order valence-electron chi connectivity index (χ3n) is 4.85. The first-order valence-corrected chi connectivity index (χ1v) is 8.17. The molecule has 23 heavy (non-hydrogen) atoms. The average Bonchev–Trinajstić information content (AvgIpc) is 2.53. The van der Waals surface area contributed by atoms with E-state index in [1.54, 1.807) is 13.3 Å². The molecule has 2 rings (SSSR count). The van der Waals surface area contributed by atoms with Crippen LogP contribution in [0, 0.1) is 6.92 Å². The van der Waals surface area contributed by atoms with Crippen LogP contribution in [0.4, 0.5) is 0 Å². The highest BCUT2D eigenvalue weighted by Gasteiger charge is 2.30. The molecule has 3 heteroatoms. The molecule has 3 nitrogen and oxygen atoms in total. The van der Waals surface area contributed by atoms with E-state index in [2.05, 4.69) is 50.7 Å². The minimum absolute atomic E-state index is 0.0117. The highest BCUT2D eigenvalue weighted by atomic mass is 16.5. The second-order valence-electron chi connectivity index (χ2n) is 7.53. The largest absolute Gasteiger partial charge is 0.496 e. The molecule has 0 aromatic carbocycles. The van der Waals surface area contributed by atoms with Crippen LogP contribution in [0.5, 0.6) is 5.75 Å². The van der Waals surface area contributed by atoms with Gasteiger partial charge in [-0.15, -0.1) is 0 Å². The number of nitrogens with zero attached hydrogens (tertiary/aromatic N) is 2. The van der Waals surface area contributed by atoms with Crippen LogP contribution in [-0.2, 0) is 10.8 Å². The summed E-state index contributed by atoms with van der Waals surface area (Å²) in [6.45, 7) is 11.3. The Hall–Kier alpha value is -1.90. The summed E-state index contributed by atoms with van der Waals surface area (Å²) in [5.74, 6) is 0.919. The molecule has 0 bridgehead atoms. The van der Waals surface area contributed by atoms with Crippen LogP contribution in [0.15, 0.2) is 36.9 Å². The first-order valence-electron chi connectivity index (χ1n) is 8.17. The van der Waals surface area contributed by atoms with Gasteiger partial charge >= 0.3 is 0 Å². The number of pyridine rings is 2. The zero-order valence-corrected chi connectivity index (χ0v) is 15.2. The number of aryl methyl sites for hydroxylation is 1. The number of aromatic nitrogens is 2. The lowest BCUT2D eigenvalue weighted by molar-refractivity contribution is 0.350. The molecule has 0 spiro atoms. The molecule has 0 saturated heterocycles. The van der Waals surface area contributed by atoms with Gasteiger partial charge in [-0.2, -0.15) is 0 Å². The van der Waals surface area contributed by atoms with Crippen molar-refractivity contribution >= 4 is 0 Å². The summed E-state index contributed by atoms with van der Waals surface area (Å²) in [6.07, 6.45) is 9.70. The summed E-state index contributed by atoms with van der Waals surface area (Å²) in [4.78, 5) is 8.50. The normalized spacial score (nSPS) is 12.3. The molecule has 2 aromatic rings. The van der Waals surface area contributed by atoms with Gasteiger partial charge in [-0.1, -0.05) is 27.7 Å². The van der Waals surface area contributed by atoms with Crippen LogP contribution in [0.1, 0.15) is 57.2 Å². The van der Waals surface area contributed by atoms with Gasteiger partial charge in [-0.25, -0.2) is 0 Å². The molecular weight excluding hydrogens is 284 g/mol. The maximum atomic E-state index is 5.52. The van der Waals surface area contributed by atoms with E-state index in [9.17, 15) is 0 Å². The lowest BCUT2D eigenvalue weighted by Crippen LogP contribution is -2.25. The first kappa shape index (κ1) is 17.5. The van der Waals surface area contributed by atoms with Gasteiger partial charge in [0.25, 0.3) is 0 Å². The number of methoxy groups -OCH3 is 1. The van der Waals surface area contributed by atoms with Crippen molar-refractivity contribution in [3.8, 4) is 5.75 Å². The van der Waals surface area contributed by atoms with E-state index in [1.165, 1.54) is 16.7 Å². The highest BCUT2D eigenvalue weighted by Crippen LogP contribution is 2.39. The van der Waals surface area contributed by atoms with Gasteiger partial charge in [-0.3, -0.25) is 9.97 Å². The quantitative estimate of drug-likeness (QED) is 0.766. The Kier molecular flexibility index (Phi) is 5.08. The third-order valence-corrected chi connectivity index (χ3v) is 4.85. The Balaban J connectivity index is 2.20. The Labute approximate surface area is 140 Å². The molecule has 0 aliphatic carbocycles. The smallest absolute Gasteiger partial charge is 0.125 e. The van der Waals surface area contributed by atoms with Crippen molar-refractivity contribution in [3.05, 3.63) is 53.6 Å². The Morgan fingerprint density at radius 1 is 0.870 bits per heavy atom. The van der Waals surface area contributed by atoms with Crippen molar-refractivity contribution in [1.29, 1.82) is 0 Å². The second kappa shape index (κ2) is 6.69. The van der Waals surface area contributed by atoms with Crippen molar-refractivity contribution < 1.29 is 4.74 Å².